The quantitative estimate of drug-likeness (QED) is 0.421. The summed E-state index contributed by atoms with van der Waals surface area (Å²) in [7, 11) is 0. The van der Waals surface area contributed by atoms with Crippen LogP contribution in [0.25, 0.3) is 6.08 Å². The van der Waals surface area contributed by atoms with Crippen molar-refractivity contribution in [3.63, 3.8) is 0 Å². The van der Waals surface area contributed by atoms with Crippen molar-refractivity contribution in [2.45, 2.75) is 26.9 Å². The van der Waals surface area contributed by atoms with Gasteiger partial charge in [-0.3, -0.25) is 0 Å². The molecular weight excluding hydrogens is 462 g/mol. The lowest BCUT2D eigenvalue weighted by Gasteiger charge is -2.14. The summed E-state index contributed by atoms with van der Waals surface area (Å²) in [4.78, 5) is 16.5. The summed E-state index contributed by atoms with van der Waals surface area (Å²) in [6, 6.07) is 11.4. The Morgan fingerprint density at radius 2 is 1.73 bits per heavy atom. The Kier molecular flexibility index (Phi) is 5.63. The van der Waals surface area contributed by atoms with Crippen LogP contribution in [0.4, 0.5) is 0 Å². The van der Waals surface area contributed by atoms with Crippen LogP contribution in [0.2, 0.25) is 0 Å². The minimum absolute atomic E-state index is 0.0540. The number of aryl methyl sites for hydroxylation is 1. The fourth-order valence-electron chi connectivity index (χ4n) is 2.40. The number of carbonyl (C=O) groups is 1. The van der Waals surface area contributed by atoms with Crippen LogP contribution >= 0.6 is 31.9 Å². The summed E-state index contributed by atoms with van der Waals surface area (Å²) in [6.45, 7) is 5.93. The third-order valence-corrected chi connectivity index (χ3v) is 4.77. The number of aliphatic imine (C=N–C) groups is 1. The molecule has 26 heavy (non-hydrogen) atoms. The summed E-state index contributed by atoms with van der Waals surface area (Å²) < 4.78 is 12.7. The van der Waals surface area contributed by atoms with Crippen molar-refractivity contribution in [2.75, 3.05) is 0 Å². The highest BCUT2D eigenvalue weighted by Crippen LogP contribution is 2.36. The largest absolute Gasteiger partial charge is 0.489 e. The maximum atomic E-state index is 12.2. The number of nitrogens with zero attached hydrogens (tertiary/aromatic N) is 1. The number of esters is 1. The Hall–Kier alpha value is -1.92. The molecule has 1 aliphatic heterocycles. The number of rotatable bonds is 4. The first-order chi connectivity index (χ1) is 12.3. The smallest absolute Gasteiger partial charge is 0.363 e. The molecule has 0 bridgehead atoms. The van der Waals surface area contributed by atoms with E-state index < -0.39 is 5.97 Å². The second kappa shape index (κ2) is 7.76. The summed E-state index contributed by atoms with van der Waals surface area (Å²) in [5, 5.41) is 0. The average molecular weight is 479 g/mol. The van der Waals surface area contributed by atoms with Crippen LogP contribution in [-0.2, 0) is 9.53 Å². The number of carbonyl (C=O) groups excluding carboxylic acids is 1. The normalized spacial score (nSPS) is 15.4. The second-order valence-electron chi connectivity index (χ2n) is 6.18. The molecule has 0 saturated heterocycles. The summed E-state index contributed by atoms with van der Waals surface area (Å²) in [5.74, 6) is 0.578. The maximum absolute atomic E-state index is 12.2. The molecule has 0 radical (unpaired) electrons. The van der Waals surface area contributed by atoms with Gasteiger partial charge < -0.3 is 9.47 Å². The summed E-state index contributed by atoms with van der Waals surface area (Å²) in [5.41, 5.74) is 2.97. The van der Waals surface area contributed by atoms with E-state index in [-0.39, 0.29) is 11.8 Å². The van der Waals surface area contributed by atoms with Crippen molar-refractivity contribution in [3.8, 4) is 5.75 Å². The van der Waals surface area contributed by atoms with Crippen molar-refractivity contribution in [1.82, 2.24) is 0 Å². The number of cyclic esters (lactones) is 1. The van der Waals surface area contributed by atoms with Gasteiger partial charge in [0.25, 0.3) is 0 Å². The van der Waals surface area contributed by atoms with Gasteiger partial charge >= 0.3 is 5.97 Å². The zero-order valence-electron chi connectivity index (χ0n) is 14.5. The van der Waals surface area contributed by atoms with E-state index in [0.717, 1.165) is 31.4 Å². The molecule has 0 N–H and O–H groups in total. The summed E-state index contributed by atoms with van der Waals surface area (Å²) >= 11 is 7.02. The maximum Gasteiger partial charge on any atom is 0.363 e. The molecule has 2 aromatic rings. The number of hydrogen-bond acceptors (Lipinski definition) is 4. The van der Waals surface area contributed by atoms with Crippen LogP contribution in [0.1, 0.15) is 30.5 Å². The van der Waals surface area contributed by atoms with E-state index in [2.05, 4.69) is 36.9 Å². The van der Waals surface area contributed by atoms with Gasteiger partial charge in [-0.2, -0.15) is 0 Å². The highest BCUT2D eigenvalue weighted by molar-refractivity contribution is 9.11. The number of halogens is 2. The Morgan fingerprint density at radius 1 is 1.12 bits per heavy atom. The van der Waals surface area contributed by atoms with Gasteiger partial charge in [0.1, 0.15) is 5.75 Å². The topological polar surface area (TPSA) is 47.9 Å². The van der Waals surface area contributed by atoms with Crippen LogP contribution in [0, 0.1) is 6.92 Å². The lowest BCUT2D eigenvalue weighted by atomic mass is 10.1. The van der Waals surface area contributed by atoms with Crippen LogP contribution in [0.5, 0.6) is 5.75 Å². The van der Waals surface area contributed by atoms with Gasteiger partial charge in [0.15, 0.2) is 5.70 Å². The molecule has 4 nitrogen and oxygen atoms in total. The lowest BCUT2D eigenvalue weighted by molar-refractivity contribution is -0.129. The molecular formula is C20H17Br2NO3. The Balaban J connectivity index is 1.92. The van der Waals surface area contributed by atoms with E-state index in [9.17, 15) is 4.79 Å². The lowest BCUT2D eigenvalue weighted by Crippen LogP contribution is -2.06. The fraction of sp³-hybridized carbons (Fsp3) is 0.200. The van der Waals surface area contributed by atoms with Crippen LogP contribution in [-0.4, -0.2) is 18.0 Å². The van der Waals surface area contributed by atoms with E-state index >= 15 is 0 Å². The van der Waals surface area contributed by atoms with Gasteiger partial charge in [0.05, 0.1) is 15.0 Å². The van der Waals surface area contributed by atoms with E-state index in [0.29, 0.717) is 5.90 Å². The minimum atomic E-state index is -0.463. The van der Waals surface area contributed by atoms with Crippen LogP contribution in [0.15, 0.2) is 56.0 Å². The molecule has 3 rings (SSSR count). The zero-order chi connectivity index (χ0) is 18.8. The first kappa shape index (κ1) is 18.9. The highest BCUT2D eigenvalue weighted by Gasteiger charge is 2.24. The van der Waals surface area contributed by atoms with Crippen molar-refractivity contribution < 1.29 is 14.3 Å². The van der Waals surface area contributed by atoms with E-state index in [1.54, 1.807) is 6.08 Å². The van der Waals surface area contributed by atoms with Crippen molar-refractivity contribution >= 4 is 49.8 Å². The molecule has 0 aromatic heterocycles. The number of ether oxygens (including phenoxy) is 2. The van der Waals surface area contributed by atoms with E-state index in [1.165, 1.54) is 0 Å². The first-order valence-electron chi connectivity index (χ1n) is 8.09. The second-order valence-corrected chi connectivity index (χ2v) is 7.89. The molecule has 6 heteroatoms. The Bertz CT molecular complexity index is 892. The fourth-order valence-corrected chi connectivity index (χ4v) is 3.81. The molecule has 0 atom stereocenters. The Morgan fingerprint density at radius 3 is 2.31 bits per heavy atom. The summed E-state index contributed by atoms with van der Waals surface area (Å²) in [6.07, 6.45) is 1.75. The van der Waals surface area contributed by atoms with Gasteiger partial charge in [0.2, 0.25) is 5.90 Å². The first-order valence-corrected chi connectivity index (χ1v) is 9.67. The average Bonchev–Trinajstić information content (AvgIpc) is 2.92. The van der Waals surface area contributed by atoms with Gasteiger partial charge in [-0.05, 0) is 88.5 Å². The molecule has 1 heterocycles. The minimum Gasteiger partial charge on any atom is -0.489 e. The van der Waals surface area contributed by atoms with Crippen LogP contribution in [0.3, 0.4) is 0 Å². The van der Waals surface area contributed by atoms with Crippen molar-refractivity contribution in [1.29, 1.82) is 0 Å². The number of benzene rings is 2. The zero-order valence-corrected chi connectivity index (χ0v) is 17.7. The Labute approximate surface area is 169 Å². The van der Waals surface area contributed by atoms with Gasteiger partial charge in [-0.15, -0.1) is 0 Å². The SMILES string of the molecule is Cc1ccc(C2=N/C(=C\c3cc(Br)c(OC(C)C)c(Br)c3)C(=O)O2)cc1. The molecule has 134 valence electrons. The monoisotopic (exact) mass is 477 g/mol. The predicted octanol–water partition coefficient (Wildman–Crippen LogP) is 5.65. The van der Waals surface area contributed by atoms with Crippen molar-refractivity contribution in [3.05, 3.63) is 67.7 Å². The molecule has 2 aromatic carbocycles. The van der Waals surface area contributed by atoms with Crippen molar-refractivity contribution in [2.24, 2.45) is 4.99 Å². The number of hydrogen-bond donors (Lipinski definition) is 0. The predicted molar refractivity (Wildman–Crippen MR) is 109 cm³/mol. The van der Waals surface area contributed by atoms with Gasteiger partial charge in [0, 0.05) is 5.56 Å². The van der Waals surface area contributed by atoms with E-state index in [1.807, 2.05) is 57.2 Å². The van der Waals surface area contributed by atoms with Gasteiger partial charge in [-0.1, -0.05) is 17.7 Å². The molecule has 0 spiro atoms. The third kappa shape index (κ3) is 4.24. The molecule has 0 saturated carbocycles. The van der Waals surface area contributed by atoms with E-state index in [4.69, 9.17) is 9.47 Å². The van der Waals surface area contributed by atoms with Crippen LogP contribution < -0.4 is 4.74 Å². The standard InChI is InChI=1S/C20H17Br2NO3/c1-11(2)25-18-15(21)8-13(9-16(18)22)10-17-20(24)26-19(23-17)14-6-4-12(3)5-7-14/h4-11H,1-3H3/b17-10-. The van der Waals surface area contributed by atoms with Gasteiger partial charge in [-0.25, -0.2) is 9.79 Å². The highest BCUT2D eigenvalue weighted by atomic mass is 79.9. The molecule has 0 aliphatic carbocycles. The molecule has 0 unspecified atom stereocenters. The third-order valence-electron chi connectivity index (χ3n) is 3.60. The molecule has 1 aliphatic rings. The molecule has 0 fully saturated rings. The molecule has 0 amide bonds.